The Balaban J connectivity index is 2.02. The number of hydrogen-bond acceptors (Lipinski definition) is 5. The topological polar surface area (TPSA) is 76.2 Å². The third-order valence-corrected chi connectivity index (χ3v) is 4.24. The fraction of sp³-hybridized carbons (Fsp3) is 0.357. The van der Waals surface area contributed by atoms with Gasteiger partial charge < -0.3 is 9.52 Å². The Morgan fingerprint density at radius 2 is 2.00 bits per heavy atom. The summed E-state index contributed by atoms with van der Waals surface area (Å²) in [4.78, 5) is 11.1. The molecule has 20 heavy (non-hydrogen) atoms. The molecule has 106 valence electrons. The number of carboxylic acid groups (broad SMARTS) is 1. The molecule has 1 unspecified atom stereocenters. The van der Waals surface area contributed by atoms with Gasteiger partial charge in [0.1, 0.15) is 5.25 Å². The van der Waals surface area contributed by atoms with Crippen LogP contribution in [0.4, 0.5) is 0 Å². The molecule has 1 N–H and O–H groups in total. The van der Waals surface area contributed by atoms with Gasteiger partial charge in [0.15, 0.2) is 0 Å². The summed E-state index contributed by atoms with van der Waals surface area (Å²) < 4.78 is 5.54. The van der Waals surface area contributed by atoms with Crippen molar-refractivity contribution in [2.75, 3.05) is 0 Å². The predicted molar refractivity (Wildman–Crippen MR) is 77.3 cm³/mol. The highest BCUT2D eigenvalue weighted by Gasteiger charge is 2.23. The zero-order valence-electron chi connectivity index (χ0n) is 11.3. The van der Waals surface area contributed by atoms with Crippen LogP contribution in [0.3, 0.4) is 0 Å². The SMILES string of the molecule is CC(C)C(SCc1nnc(-c2ccccc2)o1)C(=O)O. The van der Waals surface area contributed by atoms with E-state index in [1.165, 1.54) is 11.8 Å². The summed E-state index contributed by atoms with van der Waals surface area (Å²) >= 11 is 1.30. The lowest BCUT2D eigenvalue weighted by Crippen LogP contribution is -2.22. The molecule has 0 spiro atoms. The molecule has 0 aliphatic carbocycles. The molecule has 0 radical (unpaired) electrons. The largest absolute Gasteiger partial charge is 0.480 e. The molecule has 6 heteroatoms. The fourth-order valence-electron chi connectivity index (χ4n) is 1.72. The van der Waals surface area contributed by atoms with E-state index in [-0.39, 0.29) is 5.92 Å². The van der Waals surface area contributed by atoms with Gasteiger partial charge in [-0.25, -0.2) is 0 Å². The molecule has 0 aliphatic rings. The van der Waals surface area contributed by atoms with Crippen LogP contribution in [0, 0.1) is 5.92 Å². The number of carboxylic acids is 1. The van der Waals surface area contributed by atoms with E-state index in [2.05, 4.69) is 10.2 Å². The van der Waals surface area contributed by atoms with Crippen LogP contribution in [-0.2, 0) is 10.5 Å². The number of aromatic nitrogens is 2. The summed E-state index contributed by atoms with van der Waals surface area (Å²) in [7, 11) is 0. The number of carbonyl (C=O) groups is 1. The first-order valence-electron chi connectivity index (χ1n) is 6.30. The summed E-state index contributed by atoms with van der Waals surface area (Å²) in [6.07, 6.45) is 0. The van der Waals surface area contributed by atoms with Crippen LogP contribution in [0.15, 0.2) is 34.7 Å². The summed E-state index contributed by atoms with van der Waals surface area (Å²) in [5.74, 6) is 0.537. The van der Waals surface area contributed by atoms with Crippen molar-refractivity contribution in [3.8, 4) is 11.5 Å². The highest BCUT2D eigenvalue weighted by atomic mass is 32.2. The molecule has 5 nitrogen and oxygen atoms in total. The van der Waals surface area contributed by atoms with Crippen LogP contribution < -0.4 is 0 Å². The second-order valence-electron chi connectivity index (χ2n) is 4.68. The molecule has 1 aromatic heterocycles. The van der Waals surface area contributed by atoms with E-state index < -0.39 is 11.2 Å². The molecule has 1 aromatic carbocycles. The first-order valence-corrected chi connectivity index (χ1v) is 7.35. The zero-order valence-corrected chi connectivity index (χ0v) is 12.1. The number of thioether (sulfide) groups is 1. The maximum Gasteiger partial charge on any atom is 0.316 e. The van der Waals surface area contributed by atoms with Gasteiger partial charge in [0.05, 0.1) is 5.75 Å². The Morgan fingerprint density at radius 1 is 1.30 bits per heavy atom. The minimum absolute atomic E-state index is 0.0500. The normalized spacial score (nSPS) is 12.6. The average Bonchev–Trinajstić information content (AvgIpc) is 2.88. The minimum atomic E-state index is -0.812. The van der Waals surface area contributed by atoms with E-state index >= 15 is 0 Å². The Morgan fingerprint density at radius 3 is 2.60 bits per heavy atom. The summed E-state index contributed by atoms with van der Waals surface area (Å²) in [5, 5.41) is 16.6. The number of nitrogens with zero attached hydrogens (tertiary/aromatic N) is 2. The van der Waals surface area contributed by atoms with Gasteiger partial charge in [-0.2, -0.15) is 0 Å². The van der Waals surface area contributed by atoms with Gasteiger partial charge in [-0.1, -0.05) is 32.0 Å². The van der Waals surface area contributed by atoms with Gasteiger partial charge in [-0.3, -0.25) is 4.79 Å². The number of hydrogen-bond donors (Lipinski definition) is 1. The van der Waals surface area contributed by atoms with Crippen molar-refractivity contribution in [1.82, 2.24) is 10.2 Å². The molecule has 0 bridgehead atoms. The maximum absolute atomic E-state index is 11.1. The Hall–Kier alpha value is -1.82. The van der Waals surface area contributed by atoms with Crippen molar-refractivity contribution in [2.24, 2.45) is 5.92 Å². The third-order valence-electron chi connectivity index (χ3n) is 2.72. The number of benzene rings is 1. The lowest BCUT2D eigenvalue weighted by molar-refractivity contribution is -0.137. The fourth-order valence-corrected chi connectivity index (χ4v) is 2.69. The monoisotopic (exact) mass is 292 g/mol. The first kappa shape index (κ1) is 14.6. The van der Waals surface area contributed by atoms with Crippen molar-refractivity contribution >= 4 is 17.7 Å². The van der Waals surface area contributed by atoms with Gasteiger partial charge in [-0.05, 0) is 18.1 Å². The maximum atomic E-state index is 11.1. The van der Waals surface area contributed by atoms with Crippen molar-refractivity contribution in [2.45, 2.75) is 24.9 Å². The van der Waals surface area contributed by atoms with Crippen LogP contribution in [0.1, 0.15) is 19.7 Å². The molecular weight excluding hydrogens is 276 g/mol. The van der Waals surface area contributed by atoms with Gasteiger partial charge in [0.25, 0.3) is 0 Å². The molecule has 1 heterocycles. The van der Waals surface area contributed by atoms with E-state index in [0.717, 1.165) is 5.56 Å². The van der Waals surface area contributed by atoms with E-state index in [9.17, 15) is 4.79 Å². The highest BCUT2D eigenvalue weighted by Crippen LogP contribution is 2.25. The standard InChI is InChI=1S/C14H16N2O3S/c1-9(2)12(14(17)18)20-8-11-15-16-13(19-11)10-6-4-3-5-7-10/h3-7,9,12H,8H2,1-2H3,(H,17,18). The molecule has 2 rings (SSSR count). The van der Waals surface area contributed by atoms with Crippen molar-refractivity contribution in [3.05, 3.63) is 36.2 Å². The van der Waals surface area contributed by atoms with E-state index in [1.54, 1.807) is 0 Å². The molecular formula is C14H16N2O3S. The Labute approximate surface area is 121 Å². The molecule has 0 aliphatic heterocycles. The quantitative estimate of drug-likeness (QED) is 0.881. The van der Waals surface area contributed by atoms with E-state index in [4.69, 9.17) is 9.52 Å². The van der Waals surface area contributed by atoms with Gasteiger partial charge in [0.2, 0.25) is 11.8 Å². The molecule has 0 amide bonds. The zero-order chi connectivity index (χ0) is 14.5. The molecule has 0 saturated carbocycles. The second kappa shape index (κ2) is 6.56. The smallest absolute Gasteiger partial charge is 0.316 e. The lowest BCUT2D eigenvalue weighted by Gasteiger charge is -2.13. The molecule has 2 aromatic rings. The van der Waals surface area contributed by atoms with Gasteiger partial charge in [-0.15, -0.1) is 22.0 Å². The van der Waals surface area contributed by atoms with Gasteiger partial charge >= 0.3 is 5.97 Å². The van der Waals surface area contributed by atoms with Crippen LogP contribution in [0.2, 0.25) is 0 Å². The summed E-state index contributed by atoms with van der Waals surface area (Å²) in [5.41, 5.74) is 0.856. The summed E-state index contributed by atoms with van der Waals surface area (Å²) in [6.45, 7) is 3.77. The average molecular weight is 292 g/mol. The van der Waals surface area contributed by atoms with E-state index in [0.29, 0.717) is 17.5 Å². The van der Waals surface area contributed by atoms with Crippen LogP contribution in [0.25, 0.3) is 11.5 Å². The Kier molecular flexibility index (Phi) is 4.79. The van der Waals surface area contributed by atoms with Crippen LogP contribution in [0.5, 0.6) is 0 Å². The molecule has 0 fully saturated rings. The Bertz CT molecular complexity index is 569. The van der Waals surface area contributed by atoms with Crippen molar-refractivity contribution in [1.29, 1.82) is 0 Å². The van der Waals surface area contributed by atoms with Crippen LogP contribution in [-0.4, -0.2) is 26.5 Å². The third kappa shape index (κ3) is 3.60. The van der Waals surface area contributed by atoms with Crippen molar-refractivity contribution in [3.63, 3.8) is 0 Å². The molecule has 1 atom stereocenters. The minimum Gasteiger partial charge on any atom is -0.480 e. The van der Waals surface area contributed by atoms with Crippen molar-refractivity contribution < 1.29 is 14.3 Å². The first-order chi connectivity index (χ1) is 9.58. The second-order valence-corrected chi connectivity index (χ2v) is 5.81. The van der Waals surface area contributed by atoms with Gasteiger partial charge in [0, 0.05) is 5.56 Å². The predicted octanol–water partition coefficient (Wildman–Crippen LogP) is 3.08. The molecule has 0 saturated heterocycles. The lowest BCUT2D eigenvalue weighted by atomic mass is 10.1. The summed E-state index contributed by atoms with van der Waals surface area (Å²) in [6, 6.07) is 9.48. The van der Waals surface area contributed by atoms with E-state index in [1.807, 2.05) is 44.2 Å². The number of aliphatic carboxylic acids is 1. The highest BCUT2D eigenvalue weighted by molar-refractivity contribution is 7.99. The van der Waals surface area contributed by atoms with Crippen LogP contribution >= 0.6 is 11.8 Å². The number of rotatable bonds is 6.